The zero-order valence-electron chi connectivity index (χ0n) is 9.69. The van der Waals surface area contributed by atoms with Gasteiger partial charge in [-0.25, -0.2) is 4.98 Å². The summed E-state index contributed by atoms with van der Waals surface area (Å²) < 4.78 is 2.12. The van der Waals surface area contributed by atoms with Crippen LogP contribution in [0.3, 0.4) is 0 Å². The highest BCUT2D eigenvalue weighted by atomic mass is 35.5. The molecule has 1 fully saturated rings. The molecule has 0 atom stereocenters. The molecule has 0 amide bonds. The molecule has 0 aliphatic carbocycles. The van der Waals surface area contributed by atoms with Crippen molar-refractivity contribution in [3.8, 4) is 0 Å². The molecule has 1 N–H and O–H groups in total. The molecule has 2 aromatic heterocycles. The predicted molar refractivity (Wildman–Crippen MR) is 69.5 cm³/mol. The molecule has 1 saturated heterocycles. The summed E-state index contributed by atoms with van der Waals surface area (Å²) in [5.74, 6) is 1.88. The number of halogens is 1. The third kappa shape index (κ3) is 2.31. The van der Waals surface area contributed by atoms with E-state index in [1.54, 1.807) is 0 Å². The molecule has 3 heterocycles. The SMILES string of the molecule is Clc1ccc2cnc(CC3CCNCC3)n2c1. The standard InChI is InChI=1S/C13H16ClN3/c14-11-1-2-12-8-16-13(17(12)9-11)7-10-3-5-15-6-4-10/h1-2,8-10,15H,3-7H2. The Morgan fingerprint density at radius 2 is 2.18 bits per heavy atom. The predicted octanol–water partition coefficient (Wildman–Crippen LogP) is 2.53. The Labute approximate surface area is 106 Å². The number of imidazole rings is 1. The normalized spacial score (nSPS) is 17.7. The molecule has 3 nitrogen and oxygen atoms in total. The van der Waals surface area contributed by atoms with Gasteiger partial charge < -0.3 is 9.72 Å². The molecular formula is C13H16ClN3. The van der Waals surface area contributed by atoms with Crippen molar-refractivity contribution >= 4 is 17.1 Å². The Bertz CT molecular complexity index is 514. The van der Waals surface area contributed by atoms with Crippen LogP contribution in [0.2, 0.25) is 5.02 Å². The summed E-state index contributed by atoms with van der Waals surface area (Å²) in [5.41, 5.74) is 1.12. The number of piperidine rings is 1. The van der Waals surface area contributed by atoms with Crippen LogP contribution in [-0.4, -0.2) is 22.5 Å². The molecule has 4 heteroatoms. The Morgan fingerprint density at radius 1 is 1.35 bits per heavy atom. The van der Waals surface area contributed by atoms with Gasteiger partial charge in [-0.3, -0.25) is 0 Å². The number of aromatic nitrogens is 2. The monoisotopic (exact) mass is 249 g/mol. The smallest absolute Gasteiger partial charge is 0.113 e. The molecule has 0 aromatic carbocycles. The van der Waals surface area contributed by atoms with Crippen LogP contribution in [0, 0.1) is 5.92 Å². The molecule has 1 aliphatic heterocycles. The maximum Gasteiger partial charge on any atom is 0.113 e. The number of rotatable bonds is 2. The van der Waals surface area contributed by atoms with Gasteiger partial charge in [-0.2, -0.15) is 0 Å². The zero-order chi connectivity index (χ0) is 11.7. The van der Waals surface area contributed by atoms with Gasteiger partial charge in [0.2, 0.25) is 0 Å². The summed E-state index contributed by atoms with van der Waals surface area (Å²) in [7, 11) is 0. The third-order valence-corrected chi connectivity index (χ3v) is 3.72. The van der Waals surface area contributed by atoms with Crippen LogP contribution < -0.4 is 5.32 Å². The minimum atomic E-state index is 0.751. The fraction of sp³-hybridized carbons (Fsp3) is 0.462. The van der Waals surface area contributed by atoms with Crippen LogP contribution in [0.15, 0.2) is 24.5 Å². The van der Waals surface area contributed by atoms with Crippen molar-refractivity contribution in [2.75, 3.05) is 13.1 Å². The zero-order valence-corrected chi connectivity index (χ0v) is 10.5. The maximum atomic E-state index is 6.03. The average Bonchev–Trinajstić information content (AvgIpc) is 2.73. The minimum absolute atomic E-state index is 0.751. The number of hydrogen-bond acceptors (Lipinski definition) is 2. The van der Waals surface area contributed by atoms with E-state index in [9.17, 15) is 0 Å². The van der Waals surface area contributed by atoms with Crippen LogP contribution >= 0.6 is 11.6 Å². The second-order valence-corrected chi connectivity index (χ2v) is 5.15. The lowest BCUT2D eigenvalue weighted by Crippen LogP contribution is -2.29. The van der Waals surface area contributed by atoms with E-state index < -0.39 is 0 Å². The van der Waals surface area contributed by atoms with Crippen LogP contribution in [-0.2, 0) is 6.42 Å². The Kier molecular flexibility index (Phi) is 3.04. The number of nitrogens with zero attached hydrogens (tertiary/aromatic N) is 2. The van der Waals surface area contributed by atoms with Crippen molar-refractivity contribution in [1.29, 1.82) is 0 Å². The molecule has 90 valence electrons. The number of fused-ring (bicyclic) bond motifs is 1. The molecule has 17 heavy (non-hydrogen) atoms. The largest absolute Gasteiger partial charge is 0.317 e. The van der Waals surface area contributed by atoms with Crippen molar-refractivity contribution in [3.05, 3.63) is 35.4 Å². The first-order chi connectivity index (χ1) is 8.33. The van der Waals surface area contributed by atoms with Crippen LogP contribution in [0.1, 0.15) is 18.7 Å². The molecule has 1 aliphatic rings. The van der Waals surface area contributed by atoms with Gasteiger partial charge >= 0.3 is 0 Å². The van der Waals surface area contributed by atoms with E-state index in [2.05, 4.69) is 14.7 Å². The molecular weight excluding hydrogens is 234 g/mol. The molecule has 0 spiro atoms. The van der Waals surface area contributed by atoms with Gasteiger partial charge in [-0.05, 0) is 44.0 Å². The van der Waals surface area contributed by atoms with Crippen molar-refractivity contribution in [2.45, 2.75) is 19.3 Å². The van der Waals surface area contributed by atoms with Crippen molar-refractivity contribution in [3.63, 3.8) is 0 Å². The number of nitrogens with one attached hydrogen (secondary N) is 1. The van der Waals surface area contributed by atoms with Gasteiger partial charge in [0.25, 0.3) is 0 Å². The highest BCUT2D eigenvalue weighted by molar-refractivity contribution is 6.30. The minimum Gasteiger partial charge on any atom is -0.317 e. The maximum absolute atomic E-state index is 6.03. The lowest BCUT2D eigenvalue weighted by molar-refractivity contribution is 0.367. The quantitative estimate of drug-likeness (QED) is 0.886. The summed E-state index contributed by atoms with van der Waals surface area (Å²) in [6, 6.07) is 3.92. The van der Waals surface area contributed by atoms with E-state index in [0.29, 0.717) is 0 Å². The van der Waals surface area contributed by atoms with Gasteiger partial charge in [-0.15, -0.1) is 0 Å². The molecule has 0 radical (unpaired) electrons. The second kappa shape index (κ2) is 4.67. The molecule has 3 rings (SSSR count). The van der Waals surface area contributed by atoms with E-state index >= 15 is 0 Å². The molecule has 2 aromatic rings. The average molecular weight is 250 g/mol. The Balaban J connectivity index is 1.86. The lowest BCUT2D eigenvalue weighted by atomic mass is 9.94. The fourth-order valence-corrected chi connectivity index (χ4v) is 2.67. The van der Waals surface area contributed by atoms with Crippen LogP contribution in [0.4, 0.5) is 0 Å². The number of hydrogen-bond donors (Lipinski definition) is 1. The third-order valence-electron chi connectivity index (χ3n) is 3.50. The second-order valence-electron chi connectivity index (χ2n) is 4.71. The van der Waals surface area contributed by atoms with Gasteiger partial charge in [-0.1, -0.05) is 11.6 Å². The van der Waals surface area contributed by atoms with Crippen molar-refractivity contribution in [1.82, 2.24) is 14.7 Å². The van der Waals surface area contributed by atoms with Crippen molar-refractivity contribution < 1.29 is 0 Å². The van der Waals surface area contributed by atoms with Gasteiger partial charge in [0.15, 0.2) is 0 Å². The molecule has 0 bridgehead atoms. The van der Waals surface area contributed by atoms with E-state index in [4.69, 9.17) is 11.6 Å². The molecule has 0 saturated carbocycles. The van der Waals surface area contributed by atoms with Crippen LogP contribution in [0.5, 0.6) is 0 Å². The first kappa shape index (κ1) is 11.1. The lowest BCUT2D eigenvalue weighted by Gasteiger charge is -2.21. The summed E-state index contributed by atoms with van der Waals surface area (Å²) in [6.07, 6.45) is 7.42. The van der Waals surface area contributed by atoms with Crippen molar-refractivity contribution in [2.24, 2.45) is 5.92 Å². The highest BCUT2D eigenvalue weighted by Crippen LogP contribution is 2.19. The molecule has 0 unspecified atom stereocenters. The van der Waals surface area contributed by atoms with E-state index in [1.807, 2.05) is 24.5 Å². The first-order valence-electron chi connectivity index (χ1n) is 6.15. The highest BCUT2D eigenvalue weighted by Gasteiger charge is 2.16. The fourth-order valence-electron chi connectivity index (χ4n) is 2.51. The first-order valence-corrected chi connectivity index (χ1v) is 6.53. The van der Waals surface area contributed by atoms with E-state index in [1.165, 1.54) is 12.8 Å². The number of pyridine rings is 1. The van der Waals surface area contributed by atoms with Gasteiger partial charge in [0.05, 0.1) is 16.7 Å². The Hall–Kier alpha value is -1.06. The summed E-state index contributed by atoms with van der Waals surface area (Å²) in [5, 5.41) is 4.16. The topological polar surface area (TPSA) is 29.3 Å². The van der Waals surface area contributed by atoms with Gasteiger partial charge in [0.1, 0.15) is 5.82 Å². The summed E-state index contributed by atoms with van der Waals surface area (Å²) >= 11 is 6.03. The van der Waals surface area contributed by atoms with Crippen LogP contribution in [0.25, 0.3) is 5.52 Å². The van der Waals surface area contributed by atoms with E-state index in [-0.39, 0.29) is 0 Å². The van der Waals surface area contributed by atoms with Gasteiger partial charge in [0, 0.05) is 12.6 Å². The van der Waals surface area contributed by atoms with E-state index in [0.717, 1.165) is 41.8 Å². The summed E-state index contributed by atoms with van der Waals surface area (Å²) in [4.78, 5) is 4.51. The summed E-state index contributed by atoms with van der Waals surface area (Å²) in [6.45, 7) is 2.27. The Morgan fingerprint density at radius 3 is 3.00 bits per heavy atom.